The van der Waals surface area contributed by atoms with Crippen LogP contribution in [0.1, 0.15) is 0 Å². The summed E-state index contributed by atoms with van der Waals surface area (Å²) in [4.78, 5) is 13.4. The number of anilines is 1. The van der Waals surface area contributed by atoms with E-state index in [1.807, 2.05) is 36.6 Å². The summed E-state index contributed by atoms with van der Waals surface area (Å²) in [7, 11) is 1.61. The van der Waals surface area contributed by atoms with Crippen LogP contribution in [0.3, 0.4) is 0 Å². The second-order valence-electron chi connectivity index (χ2n) is 6.13. The number of rotatable bonds is 7. The second kappa shape index (κ2) is 9.31. The molecule has 10 heteroatoms. The topological polar surface area (TPSA) is 95.7 Å². The number of benzene rings is 2. The molecule has 1 aliphatic rings. The highest BCUT2D eigenvalue weighted by Crippen LogP contribution is 2.39. The van der Waals surface area contributed by atoms with E-state index in [0.29, 0.717) is 41.5 Å². The van der Waals surface area contributed by atoms with Crippen molar-refractivity contribution in [2.45, 2.75) is 10.1 Å². The van der Waals surface area contributed by atoms with Crippen LogP contribution in [0.15, 0.2) is 50.9 Å². The van der Waals surface area contributed by atoms with Gasteiger partial charge in [0.15, 0.2) is 11.5 Å². The standard InChI is InChI=1S/C20H19N3O5S2/c1-25-13-5-3-12(4-6-13)19-22-23-20(28-19)30-11-18(24)21-14-9-15-16(10-17(14)29-2)27-8-7-26-15/h3-6,9-10H,7-8,11H2,1-2H3,(H,21,24). The first kappa shape index (κ1) is 20.4. The number of fused-ring (bicyclic) bond motifs is 1. The van der Waals surface area contributed by atoms with Gasteiger partial charge in [-0.15, -0.1) is 22.0 Å². The van der Waals surface area contributed by atoms with Gasteiger partial charge in [-0.25, -0.2) is 0 Å². The molecule has 2 aromatic carbocycles. The smallest absolute Gasteiger partial charge is 0.277 e. The molecule has 8 nitrogen and oxygen atoms in total. The van der Waals surface area contributed by atoms with Crippen LogP contribution in [0.2, 0.25) is 0 Å². The highest BCUT2D eigenvalue weighted by atomic mass is 32.2. The lowest BCUT2D eigenvalue weighted by molar-refractivity contribution is -0.113. The van der Waals surface area contributed by atoms with Crippen molar-refractivity contribution < 1.29 is 23.4 Å². The van der Waals surface area contributed by atoms with E-state index in [-0.39, 0.29) is 11.7 Å². The van der Waals surface area contributed by atoms with Crippen molar-refractivity contribution in [2.75, 3.05) is 37.6 Å². The molecule has 0 aliphatic carbocycles. The molecule has 0 spiro atoms. The molecule has 3 aromatic rings. The van der Waals surface area contributed by atoms with E-state index in [9.17, 15) is 4.79 Å². The van der Waals surface area contributed by atoms with Gasteiger partial charge in [-0.3, -0.25) is 4.79 Å². The zero-order chi connectivity index (χ0) is 20.9. The first-order valence-electron chi connectivity index (χ1n) is 9.04. The van der Waals surface area contributed by atoms with Gasteiger partial charge in [-0.1, -0.05) is 11.8 Å². The Bertz CT molecular complexity index is 1040. The number of aromatic nitrogens is 2. The monoisotopic (exact) mass is 445 g/mol. The molecule has 0 atom stereocenters. The van der Waals surface area contributed by atoms with Gasteiger partial charge in [0.1, 0.15) is 19.0 Å². The highest BCUT2D eigenvalue weighted by molar-refractivity contribution is 7.99. The van der Waals surface area contributed by atoms with Crippen molar-refractivity contribution in [3.63, 3.8) is 0 Å². The predicted octanol–water partition coefficient (Wildman–Crippen LogP) is 3.97. The third-order valence-electron chi connectivity index (χ3n) is 4.21. The van der Waals surface area contributed by atoms with Gasteiger partial charge in [-0.2, -0.15) is 0 Å². The van der Waals surface area contributed by atoms with Crippen LogP contribution < -0.4 is 19.5 Å². The SMILES string of the molecule is COc1ccc(-c2nnc(SCC(=O)Nc3cc4c(cc3SC)OCCO4)o2)cc1. The average Bonchev–Trinajstić information content (AvgIpc) is 3.26. The number of carbonyl (C=O) groups excluding carboxylic acids is 1. The van der Waals surface area contributed by atoms with Crippen LogP contribution in [0.25, 0.3) is 11.5 Å². The molecular weight excluding hydrogens is 426 g/mol. The Hall–Kier alpha value is -2.85. The van der Waals surface area contributed by atoms with Crippen molar-refractivity contribution in [1.29, 1.82) is 0 Å². The number of ether oxygens (including phenoxy) is 3. The van der Waals surface area contributed by atoms with Crippen LogP contribution in [0, 0.1) is 0 Å². The fraction of sp³-hybridized carbons (Fsp3) is 0.250. The molecule has 1 aliphatic heterocycles. The zero-order valence-corrected chi connectivity index (χ0v) is 18.0. The molecule has 1 amide bonds. The normalized spacial score (nSPS) is 12.5. The van der Waals surface area contributed by atoms with Gasteiger partial charge < -0.3 is 23.9 Å². The highest BCUT2D eigenvalue weighted by Gasteiger charge is 2.18. The van der Waals surface area contributed by atoms with E-state index in [2.05, 4.69) is 15.5 Å². The molecule has 0 saturated heterocycles. The number of carbonyl (C=O) groups is 1. The van der Waals surface area contributed by atoms with E-state index >= 15 is 0 Å². The number of nitrogens with one attached hydrogen (secondary N) is 1. The van der Waals surface area contributed by atoms with Crippen molar-refractivity contribution in [1.82, 2.24) is 10.2 Å². The van der Waals surface area contributed by atoms with Gasteiger partial charge in [-0.05, 0) is 36.6 Å². The predicted molar refractivity (Wildman–Crippen MR) is 115 cm³/mol. The van der Waals surface area contributed by atoms with E-state index in [1.54, 1.807) is 13.2 Å². The van der Waals surface area contributed by atoms with Gasteiger partial charge in [0, 0.05) is 16.5 Å². The average molecular weight is 446 g/mol. The lowest BCUT2D eigenvalue weighted by Crippen LogP contribution is -2.18. The first-order valence-corrected chi connectivity index (χ1v) is 11.3. The van der Waals surface area contributed by atoms with Gasteiger partial charge in [0.05, 0.1) is 18.6 Å². The van der Waals surface area contributed by atoms with Gasteiger partial charge in [0.25, 0.3) is 5.22 Å². The minimum Gasteiger partial charge on any atom is -0.497 e. The molecule has 0 fully saturated rings. The zero-order valence-electron chi connectivity index (χ0n) is 16.3. The third-order valence-corrected chi connectivity index (χ3v) is 5.80. The molecular formula is C20H19N3O5S2. The fourth-order valence-electron chi connectivity index (χ4n) is 2.77. The Morgan fingerprint density at radius 1 is 1.13 bits per heavy atom. The second-order valence-corrected chi connectivity index (χ2v) is 7.91. The molecule has 4 rings (SSSR count). The van der Waals surface area contributed by atoms with Crippen molar-refractivity contribution in [2.24, 2.45) is 0 Å². The maximum Gasteiger partial charge on any atom is 0.277 e. The Balaban J connectivity index is 1.38. The third kappa shape index (κ3) is 4.65. The lowest BCUT2D eigenvalue weighted by Gasteiger charge is -2.20. The number of hydrogen-bond acceptors (Lipinski definition) is 9. The Kier molecular flexibility index (Phi) is 6.34. The summed E-state index contributed by atoms with van der Waals surface area (Å²) >= 11 is 2.69. The van der Waals surface area contributed by atoms with E-state index in [0.717, 1.165) is 16.2 Å². The molecule has 30 heavy (non-hydrogen) atoms. The van der Waals surface area contributed by atoms with Crippen molar-refractivity contribution in [3.05, 3.63) is 36.4 Å². The quantitative estimate of drug-likeness (QED) is 0.542. The Morgan fingerprint density at radius 2 is 1.87 bits per heavy atom. The first-order chi connectivity index (χ1) is 14.7. The summed E-state index contributed by atoms with van der Waals surface area (Å²) in [5, 5.41) is 11.3. The number of hydrogen-bond donors (Lipinski definition) is 1. The van der Waals surface area contributed by atoms with Crippen LogP contribution in [-0.2, 0) is 4.79 Å². The number of nitrogens with zero attached hydrogens (tertiary/aromatic N) is 2. The van der Waals surface area contributed by atoms with Gasteiger partial charge >= 0.3 is 0 Å². The van der Waals surface area contributed by atoms with E-state index in [1.165, 1.54) is 23.5 Å². The summed E-state index contributed by atoms with van der Waals surface area (Å²) in [6.45, 7) is 1.01. The van der Waals surface area contributed by atoms with Crippen LogP contribution in [0.4, 0.5) is 5.69 Å². The van der Waals surface area contributed by atoms with Crippen LogP contribution in [0.5, 0.6) is 17.2 Å². The van der Waals surface area contributed by atoms with Gasteiger partial charge in [0.2, 0.25) is 11.8 Å². The molecule has 156 valence electrons. The Morgan fingerprint density at radius 3 is 2.57 bits per heavy atom. The van der Waals surface area contributed by atoms with Crippen LogP contribution in [-0.4, -0.2) is 48.4 Å². The summed E-state index contributed by atoms with van der Waals surface area (Å²) < 4.78 is 22.0. The number of amides is 1. The number of thioether (sulfide) groups is 2. The summed E-state index contributed by atoms with van der Waals surface area (Å²) in [6, 6.07) is 11.0. The molecule has 1 aromatic heterocycles. The number of methoxy groups -OCH3 is 1. The Labute approximate surface area is 181 Å². The maximum absolute atomic E-state index is 12.5. The molecule has 0 saturated carbocycles. The maximum atomic E-state index is 12.5. The lowest BCUT2D eigenvalue weighted by atomic mass is 10.2. The molecule has 0 bridgehead atoms. The summed E-state index contributed by atoms with van der Waals surface area (Å²) in [5.41, 5.74) is 1.46. The summed E-state index contributed by atoms with van der Waals surface area (Å²) in [5.74, 6) is 2.39. The largest absolute Gasteiger partial charge is 0.497 e. The molecule has 0 unspecified atom stereocenters. The molecule has 1 N–H and O–H groups in total. The molecule has 0 radical (unpaired) electrons. The van der Waals surface area contributed by atoms with Crippen molar-refractivity contribution >= 4 is 35.1 Å². The van der Waals surface area contributed by atoms with E-state index in [4.69, 9.17) is 18.6 Å². The van der Waals surface area contributed by atoms with E-state index < -0.39 is 0 Å². The minimum atomic E-state index is -0.184. The fourth-order valence-corrected chi connectivity index (χ4v) is 3.89. The minimum absolute atomic E-state index is 0.131. The molecule has 2 heterocycles. The van der Waals surface area contributed by atoms with Crippen LogP contribution >= 0.6 is 23.5 Å². The summed E-state index contributed by atoms with van der Waals surface area (Å²) in [6.07, 6.45) is 1.94. The van der Waals surface area contributed by atoms with Crippen molar-refractivity contribution in [3.8, 4) is 28.7 Å².